The summed E-state index contributed by atoms with van der Waals surface area (Å²) in [6.07, 6.45) is 8.64. The van der Waals surface area contributed by atoms with E-state index in [0.29, 0.717) is 6.04 Å². The lowest BCUT2D eigenvalue weighted by atomic mass is 9.87. The molecule has 0 aliphatic heterocycles. The van der Waals surface area contributed by atoms with Gasteiger partial charge in [0.25, 0.3) is 0 Å². The van der Waals surface area contributed by atoms with Crippen molar-refractivity contribution in [1.82, 2.24) is 5.32 Å². The highest BCUT2D eigenvalue weighted by Gasteiger charge is 2.12. The lowest BCUT2D eigenvalue weighted by Crippen LogP contribution is -2.34. The van der Waals surface area contributed by atoms with Crippen LogP contribution in [0.1, 0.15) is 45.4 Å². The zero-order valence-corrected chi connectivity index (χ0v) is 8.89. The monoisotopic (exact) mass is 184 g/mol. The number of nitrogens with one attached hydrogen (secondary N) is 1. The first-order valence-corrected chi connectivity index (χ1v) is 5.76. The highest BCUT2D eigenvalue weighted by atomic mass is 14.9. The maximum absolute atomic E-state index is 5.53. The van der Waals surface area contributed by atoms with Gasteiger partial charge in [-0.2, -0.15) is 0 Å². The van der Waals surface area contributed by atoms with Crippen LogP contribution in [-0.2, 0) is 0 Å². The van der Waals surface area contributed by atoms with Gasteiger partial charge < -0.3 is 11.1 Å². The van der Waals surface area contributed by atoms with E-state index in [1.807, 2.05) is 0 Å². The molecule has 1 aliphatic carbocycles. The van der Waals surface area contributed by atoms with E-state index >= 15 is 0 Å². The molecule has 1 saturated carbocycles. The van der Waals surface area contributed by atoms with Crippen LogP contribution in [-0.4, -0.2) is 19.1 Å². The molecule has 0 saturated heterocycles. The second-order valence-electron chi connectivity index (χ2n) is 4.38. The molecule has 0 radical (unpaired) electrons. The Labute approximate surface area is 82.3 Å². The molecule has 0 aromatic carbocycles. The van der Waals surface area contributed by atoms with Crippen molar-refractivity contribution < 1.29 is 0 Å². The van der Waals surface area contributed by atoms with Gasteiger partial charge in [-0.05, 0) is 25.8 Å². The van der Waals surface area contributed by atoms with Crippen LogP contribution < -0.4 is 11.1 Å². The minimum atomic E-state index is 0.489. The van der Waals surface area contributed by atoms with Gasteiger partial charge in [-0.15, -0.1) is 0 Å². The smallest absolute Gasteiger partial charge is 0.0161 e. The molecule has 0 amide bonds. The second kappa shape index (κ2) is 6.39. The molecule has 0 heterocycles. The Morgan fingerprint density at radius 3 is 2.62 bits per heavy atom. The average Bonchev–Trinajstić information content (AvgIpc) is 2.19. The summed E-state index contributed by atoms with van der Waals surface area (Å²) in [5.41, 5.74) is 5.53. The molecule has 1 fully saturated rings. The normalized spacial score (nSPS) is 21.7. The van der Waals surface area contributed by atoms with Gasteiger partial charge in [-0.1, -0.05) is 32.1 Å². The van der Waals surface area contributed by atoms with Crippen LogP contribution in [0.4, 0.5) is 0 Å². The number of hydrogen-bond acceptors (Lipinski definition) is 2. The minimum Gasteiger partial charge on any atom is -0.329 e. The molecule has 1 atom stereocenters. The fourth-order valence-corrected chi connectivity index (χ4v) is 2.09. The summed E-state index contributed by atoms with van der Waals surface area (Å²) in [6, 6.07) is 0.489. The minimum absolute atomic E-state index is 0.489. The molecular weight excluding hydrogens is 160 g/mol. The number of hydrogen-bond donors (Lipinski definition) is 2. The molecule has 78 valence electrons. The SMILES string of the molecule is CC(CN)NCCC1CCCCC1. The van der Waals surface area contributed by atoms with Gasteiger partial charge in [0.2, 0.25) is 0 Å². The Kier molecular flexibility index (Phi) is 5.40. The molecule has 3 N–H and O–H groups in total. The van der Waals surface area contributed by atoms with E-state index < -0.39 is 0 Å². The van der Waals surface area contributed by atoms with E-state index in [1.54, 1.807) is 0 Å². The molecule has 13 heavy (non-hydrogen) atoms. The van der Waals surface area contributed by atoms with Crippen LogP contribution in [0.3, 0.4) is 0 Å². The zero-order chi connectivity index (χ0) is 9.52. The Morgan fingerprint density at radius 2 is 2.00 bits per heavy atom. The van der Waals surface area contributed by atoms with Gasteiger partial charge >= 0.3 is 0 Å². The van der Waals surface area contributed by atoms with Crippen molar-refractivity contribution in [2.24, 2.45) is 11.7 Å². The first kappa shape index (κ1) is 11.0. The van der Waals surface area contributed by atoms with Gasteiger partial charge in [0.1, 0.15) is 0 Å². The van der Waals surface area contributed by atoms with Crippen LogP contribution in [0.25, 0.3) is 0 Å². The summed E-state index contributed by atoms with van der Waals surface area (Å²) in [4.78, 5) is 0. The first-order chi connectivity index (χ1) is 6.33. The average molecular weight is 184 g/mol. The van der Waals surface area contributed by atoms with Crippen LogP contribution in [0.15, 0.2) is 0 Å². The van der Waals surface area contributed by atoms with Crippen molar-refractivity contribution in [1.29, 1.82) is 0 Å². The zero-order valence-electron chi connectivity index (χ0n) is 8.89. The van der Waals surface area contributed by atoms with Crippen LogP contribution in [0.2, 0.25) is 0 Å². The topological polar surface area (TPSA) is 38.0 Å². The largest absolute Gasteiger partial charge is 0.329 e. The van der Waals surface area contributed by atoms with Crippen molar-refractivity contribution in [3.05, 3.63) is 0 Å². The maximum Gasteiger partial charge on any atom is 0.0161 e. The van der Waals surface area contributed by atoms with Gasteiger partial charge in [-0.3, -0.25) is 0 Å². The molecule has 2 nitrogen and oxygen atoms in total. The van der Waals surface area contributed by atoms with Crippen molar-refractivity contribution in [2.75, 3.05) is 13.1 Å². The molecule has 0 spiro atoms. The molecule has 1 aliphatic rings. The number of rotatable bonds is 5. The quantitative estimate of drug-likeness (QED) is 0.685. The van der Waals surface area contributed by atoms with E-state index in [0.717, 1.165) is 19.0 Å². The fraction of sp³-hybridized carbons (Fsp3) is 1.00. The van der Waals surface area contributed by atoms with E-state index in [1.165, 1.54) is 38.5 Å². The third kappa shape index (κ3) is 4.63. The molecule has 1 unspecified atom stereocenters. The summed E-state index contributed by atoms with van der Waals surface area (Å²) < 4.78 is 0. The lowest BCUT2D eigenvalue weighted by Gasteiger charge is -2.22. The Morgan fingerprint density at radius 1 is 1.31 bits per heavy atom. The fourth-order valence-electron chi connectivity index (χ4n) is 2.09. The van der Waals surface area contributed by atoms with Crippen LogP contribution in [0.5, 0.6) is 0 Å². The van der Waals surface area contributed by atoms with Gasteiger partial charge in [0, 0.05) is 12.6 Å². The maximum atomic E-state index is 5.53. The van der Waals surface area contributed by atoms with Crippen molar-refractivity contribution in [2.45, 2.75) is 51.5 Å². The van der Waals surface area contributed by atoms with E-state index in [9.17, 15) is 0 Å². The molecule has 1 rings (SSSR count). The summed E-state index contributed by atoms with van der Waals surface area (Å²) in [6.45, 7) is 4.06. The van der Waals surface area contributed by atoms with E-state index in [-0.39, 0.29) is 0 Å². The third-order valence-corrected chi connectivity index (χ3v) is 3.12. The van der Waals surface area contributed by atoms with E-state index in [2.05, 4.69) is 12.2 Å². The van der Waals surface area contributed by atoms with Crippen molar-refractivity contribution in [3.63, 3.8) is 0 Å². The summed E-state index contributed by atoms with van der Waals surface area (Å²) in [5, 5.41) is 3.45. The molecule has 0 aromatic rings. The van der Waals surface area contributed by atoms with Gasteiger partial charge in [0.15, 0.2) is 0 Å². The summed E-state index contributed by atoms with van der Waals surface area (Å²) in [5.74, 6) is 0.992. The summed E-state index contributed by atoms with van der Waals surface area (Å²) >= 11 is 0. The van der Waals surface area contributed by atoms with Crippen molar-refractivity contribution in [3.8, 4) is 0 Å². The number of nitrogens with two attached hydrogens (primary N) is 1. The second-order valence-corrected chi connectivity index (χ2v) is 4.38. The molecule has 2 heteroatoms. The third-order valence-electron chi connectivity index (χ3n) is 3.12. The van der Waals surface area contributed by atoms with Crippen LogP contribution in [0, 0.1) is 5.92 Å². The Bertz CT molecular complexity index is 119. The Balaban J connectivity index is 1.98. The predicted octanol–water partition coefficient (Wildman–Crippen LogP) is 1.89. The first-order valence-electron chi connectivity index (χ1n) is 5.76. The molecular formula is C11H24N2. The van der Waals surface area contributed by atoms with Gasteiger partial charge in [0.05, 0.1) is 0 Å². The van der Waals surface area contributed by atoms with E-state index in [4.69, 9.17) is 5.73 Å². The highest BCUT2D eigenvalue weighted by Crippen LogP contribution is 2.25. The highest BCUT2D eigenvalue weighted by molar-refractivity contribution is 4.68. The van der Waals surface area contributed by atoms with Crippen LogP contribution >= 0.6 is 0 Å². The predicted molar refractivity (Wildman–Crippen MR) is 57.7 cm³/mol. The molecule has 0 aromatic heterocycles. The lowest BCUT2D eigenvalue weighted by molar-refractivity contribution is 0.329. The Hall–Kier alpha value is -0.0800. The van der Waals surface area contributed by atoms with Crippen molar-refractivity contribution >= 4 is 0 Å². The standard InChI is InChI=1S/C11H24N2/c1-10(9-12)13-8-7-11-5-3-2-4-6-11/h10-11,13H,2-9,12H2,1H3. The molecule has 0 bridgehead atoms. The summed E-state index contributed by atoms with van der Waals surface area (Å²) in [7, 11) is 0. The van der Waals surface area contributed by atoms with Gasteiger partial charge in [-0.25, -0.2) is 0 Å².